The molecule has 6 nitrogen and oxygen atoms in total. The number of carbonyl (C=O) groups is 1. The van der Waals surface area contributed by atoms with Gasteiger partial charge >= 0.3 is 0 Å². The molecule has 126 valence electrons. The van der Waals surface area contributed by atoms with Crippen LogP contribution in [0.3, 0.4) is 0 Å². The van der Waals surface area contributed by atoms with Crippen molar-refractivity contribution in [1.82, 2.24) is 9.55 Å². The lowest BCUT2D eigenvalue weighted by molar-refractivity contribution is -0.120. The molecule has 1 saturated heterocycles. The second-order valence-corrected chi connectivity index (χ2v) is 6.33. The Morgan fingerprint density at radius 2 is 2.04 bits per heavy atom. The Morgan fingerprint density at radius 3 is 2.92 bits per heavy atom. The molecule has 0 bridgehead atoms. The number of ether oxygens (including phenoxy) is 1. The van der Waals surface area contributed by atoms with Crippen molar-refractivity contribution in [3.63, 3.8) is 0 Å². The van der Waals surface area contributed by atoms with Gasteiger partial charge < -0.3 is 19.5 Å². The van der Waals surface area contributed by atoms with Gasteiger partial charge in [-0.1, -0.05) is 12.1 Å². The fourth-order valence-electron chi connectivity index (χ4n) is 3.47. The molecule has 2 aliphatic heterocycles. The van der Waals surface area contributed by atoms with Gasteiger partial charge in [-0.25, -0.2) is 4.98 Å². The Labute approximate surface area is 141 Å². The van der Waals surface area contributed by atoms with E-state index in [4.69, 9.17) is 4.74 Å². The third-order valence-electron chi connectivity index (χ3n) is 4.83. The van der Waals surface area contributed by atoms with E-state index in [-0.39, 0.29) is 11.8 Å². The number of hydrogen-bond acceptors (Lipinski definition) is 4. The Bertz CT molecular complexity index is 721. The number of aromatic nitrogens is 2. The summed E-state index contributed by atoms with van der Waals surface area (Å²) in [7, 11) is 0. The molecule has 1 unspecified atom stereocenters. The van der Waals surface area contributed by atoms with E-state index in [2.05, 4.69) is 25.8 Å². The van der Waals surface area contributed by atoms with E-state index < -0.39 is 0 Å². The summed E-state index contributed by atoms with van der Waals surface area (Å²) in [5, 5.41) is 3.14. The van der Waals surface area contributed by atoms with Gasteiger partial charge in [0.05, 0.1) is 24.6 Å². The number of hydrogen-bond donors (Lipinski definition) is 1. The van der Waals surface area contributed by atoms with Crippen LogP contribution in [0.5, 0.6) is 0 Å². The van der Waals surface area contributed by atoms with Crippen molar-refractivity contribution < 1.29 is 9.53 Å². The molecule has 6 heteroatoms. The minimum Gasteiger partial charge on any atom is -0.378 e. The van der Waals surface area contributed by atoms with Crippen molar-refractivity contribution in [3.05, 3.63) is 42.5 Å². The first kappa shape index (κ1) is 15.2. The van der Waals surface area contributed by atoms with Gasteiger partial charge in [-0.2, -0.15) is 0 Å². The SMILES string of the molecule is O=C(Nc1ccccc1N1CCOCC1)C1CCn2ccnc2C1. The molecule has 2 aliphatic rings. The molecule has 1 atom stereocenters. The van der Waals surface area contributed by atoms with Gasteiger partial charge in [-0.3, -0.25) is 4.79 Å². The molecule has 1 amide bonds. The van der Waals surface area contributed by atoms with E-state index in [0.29, 0.717) is 6.42 Å². The topological polar surface area (TPSA) is 59.4 Å². The number of benzene rings is 1. The van der Waals surface area contributed by atoms with Crippen molar-refractivity contribution in [2.24, 2.45) is 5.92 Å². The van der Waals surface area contributed by atoms with Crippen LogP contribution in [0.1, 0.15) is 12.2 Å². The van der Waals surface area contributed by atoms with Gasteiger partial charge in [-0.15, -0.1) is 0 Å². The second-order valence-electron chi connectivity index (χ2n) is 6.33. The summed E-state index contributed by atoms with van der Waals surface area (Å²) in [5.41, 5.74) is 1.96. The first-order valence-electron chi connectivity index (χ1n) is 8.54. The molecule has 0 saturated carbocycles. The van der Waals surface area contributed by atoms with Crippen molar-refractivity contribution in [1.29, 1.82) is 0 Å². The van der Waals surface area contributed by atoms with Crippen molar-refractivity contribution in [3.8, 4) is 0 Å². The van der Waals surface area contributed by atoms with Crippen LogP contribution < -0.4 is 10.2 Å². The molecular weight excluding hydrogens is 304 g/mol. The van der Waals surface area contributed by atoms with Crippen LogP contribution in [-0.2, 0) is 22.5 Å². The molecule has 0 spiro atoms. The molecule has 1 N–H and O–H groups in total. The van der Waals surface area contributed by atoms with E-state index in [1.165, 1.54) is 0 Å². The minimum absolute atomic E-state index is 0.0161. The summed E-state index contributed by atoms with van der Waals surface area (Å²) < 4.78 is 7.56. The number of nitrogens with one attached hydrogen (secondary N) is 1. The lowest BCUT2D eigenvalue weighted by Gasteiger charge is -2.31. The normalized spacial score (nSPS) is 20.5. The zero-order valence-corrected chi connectivity index (χ0v) is 13.6. The lowest BCUT2D eigenvalue weighted by Crippen LogP contribution is -2.37. The fraction of sp³-hybridized carbons (Fsp3) is 0.444. The molecule has 1 aromatic heterocycles. The molecule has 4 rings (SSSR count). The average molecular weight is 326 g/mol. The highest BCUT2D eigenvalue weighted by Gasteiger charge is 2.26. The number of nitrogens with zero attached hydrogens (tertiary/aromatic N) is 3. The predicted octanol–water partition coefficient (Wildman–Crippen LogP) is 1.92. The van der Waals surface area contributed by atoms with Gasteiger partial charge in [0.25, 0.3) is 0 Å². The molecule has 3 heterocycles. The number of para-hydroxylation sites is 2. The van der Waals surface area contributed by atoms with E-state index in [9.17, 15) is 4.79 Å². The molecular formula is C18H22N4O2. The van der Waals surface area contributed by atoms with Gasteiger partial charge in [0.2, 0.25) is 5.91 Å². The van der Waals surface area contributed by atoms with Crippen LogP contribution in [0.25, 0.3) is 0 Å². The van der Waals surface area contributed by atoms with E-state index in [0.717, 1.165) is 56.5 Å². The standard InChI is InChI=1S/C18H22N4O2/c23-18(14-5-7-22-8-6-19-17(22)13-14)20-15-3-1-2-4-16(15)21-9-11-24-12-10-21/h1-4,6,8,14H,5,7,9-13H2,(H,20,23). The molecule has 2 aromatic rings. The fourth-order valence-corrected chi connectivity index (χ4v) is 3.47. The Hall–Kier alpha value is -2.34. The maximum atomic E-state index is 12.7. The van der Waals surface area contributed by atoms with E-state index >= 15 is 0 Å². The summed E-state index contributed by atoms with van der Waals surface area (Å²) in [5.74, 6) is 1.07. The number of fused-ring (bicyclic) bond motifs is 1. The Balaban J connectivity index is 1.48. The van der Waals surface area contributed by atoms with Crippen LogP contribution in [0, 0.1) is 5.92 Å². The summed E-state index contributed by atoms with van der Waals surface area (Å²) in [4.78, 5) is 19.4. The highest BCUT2D eigenvalue weighted by atomic mass is 16.5. The van der Waals surface area contributed by atoms with Crippen molar-refractivity contribution in [2.75, 3.05) is 36.5 Å². The summed E-state index contributed by atoms with van der Waals surface area (Å²) in [6.07, 6.45) is 5.36. The zero-order valence-electron chi connectivity index (χ0n) is 13.6. The summed E-state index contributed by atoms with van der Waals surface area (Å²) >= 11 is 0. The number of amides is 1. The van der Waals surface area contributed by atoms with Crippen LogP contribution in [0.15, 0.2) is 36.7 Å². The highest BCUT2D eigenvalue weighted by molar-refractivity contribution is 5.96. The zero-order chi connectivity index (χ0) is 16.4. The molecule has 24 heavy (non-hydrogen) atoms. The highest BCUT2D eigenvalue weighted by Crippen LogP contribution is 2.28. The predicted molar refractivity (Wildman–Crippen MR) is 92.1 cm³/mol. The van der Waals surface area contributed by atoms with Gasteiger partial charge in [0.15, 0.2) is 0 Å². The largest absolute Gasteiger partial charge is 0.378 e. The van der Waals surface area contributed by atoms with Crippen LogP contribution in [-0.4, -0.2) is 41.8 Å². The number of carbonyl (C=O) groups excluding carboxylic acids is 1. The molecule has 1 aromatic carbocycles. The monoisotopic (exact) mass is 326 g/mol. The first-order valence-corrected chi connectivity index (χ1v) is 8.54. The average Bonchev–Trinajstić information content (AvgIpc) is 3.10. The number of morpholine rings is 1. The summed E-state index contributed by atoms with van der Waals surface area (Å²) in [6.45, 7) is 4.03. The molecule has 0 radical (unpaired) electrons. The van der Waals surface area contributed by atoms with E-state index in [1.54, 1.807) is 0 Å². The quantitative estimate of drug-likeness (QED) is 0.936. The van der Waals surface area contributed by atoms with Gasteiger partial charge in [0.1, 0.15) is 5.82 Å². The van der Waals surface area contributed by atoms with Crippen LogP contribution in [0.2, 0.25) is 0 Å². The minimum atomic E-state index is -0.0161. The van der Waals surface area contributed by atoms with Crippen LogP contribution >= 0.6 is 0 Å². The van der Waals surface area contributed by atoms with Gasteiger partial charge in [0, 0.05) is 44.4 Å². The maximum absolute atomic E-state index is 12.7. The molecule has 1 fully saturated rings. The maximum Gasteiger partial charge on any atom is 0.228 e. The smallest absolute Gasteiger partial charge is 0.228 e. The van der Waals surface area contributed by atoms with Crippen LogP contribution in [0.4, 0.5) is 11.4 Å². The summed E-state index contributed by atoms with van der Waals surface area (Å²) in [6, 6.07) is 8.02. The molecule has 0 aliphatic carbocycles. The second kappa shape index (κ2) is 6.65. The number of aryl methyl sites for hydroxylation is 1. The first-order chi connectivity index (χ1) is 11.8. The number of rotatable bonds is 3. The lowest BCUT2D eigenvalue weighted by atomic mass is 9.96. The van der Waals surface area contributed by atoms with Crippen molar-refractivity contribution >= 4 is 17.3 Å². The third kappa shape index (κ3) is 3.01. The Kier molecular flexibility index (Phi) is 4.21. The van der Waals surface area contributed by atoms with E-state index in [1.807, 2.05) is 30.6 Å². The van der Waals surface area contributed by atoms with Gasteiger partial charge in [-0.05, 0) is 18.6 Å². The number of anilines is 2. The Morgan fingerprint density at radius 1 is 1.21 bits per heavy atom. The number of imidazole rings is 1. The third-order valence-corrected chi connectivity index (χ3v) is 4.83. The van der Waals surface area contributed by atoms with Crippen molar-refractivity contribution in [2.45, 2.75) is 19.4 Å².